The minimum absolute atomic E-state index is 0.0722. The molecule has 4 rings (SSSR count). The van der Waals surface area contributed by atoms with Crippen molar-refractivity contribution in [1.82, 2.24) is 19.8 Å². The lowest BCUT2D eigenvalue weighted by Crippen LogP contribution is -2.42. The van der Waals surface area contributed by atoms with Crippen LogP contribution < -0.4 is 5.32 Å². The number of imidazole rings is 1. The quantitative estimate of drug-likeness (QED) is 0.649. The topological polar surface area (TPSA) is 50.2 Å². The Morgan fingerprint density at radius 3 is 2.40 bits per heavy atom. The summed E-state index contributed by atoms with van der Waals surface area (Å²) in [6.45, 7) is 8.72. The summed E-state index contributed by atoms with van der Waals surface area (Å²) in [4.78, 5) is 19.8. The maximum Gasteiger partial charge on any atom is 0.234 e. The smallest absolute Gasteiger partial charge is 0.234 e. The van der Waals surface area contributed by atoms with Crippen LogP contribution in [0.3, 0.4) is 0 Å². The van der Waals surface area contributed by atoms with Gasteiger partial charge in [-0.15, -0.1) is 0 Å². The second-order valence-electron chi connectivity index (χ2n) is 8.67. The van der Waals surface area contributed by atoms with E-state index in [0.717, 1.165) is 42.8 Å². The lowest BCUT2D eigenvalue weighted by molar-refractivity contribution is -0.123. The molecule has 1 aliphatic heterocycles. The number of carbonyl (C=O) groups is 1. The first-order valence-electron chi connectivity index (χ1n) is 11.1. The Kier molecular flexibility index (Phi) is 6.18. The third-order valence-corrected chi connectivity index (χ3v) is 6.13. The normalized spacial score (nSPS) is 16.8. The lowest BCUT2D eigenvalue weighted by Gasteiger charge is -2.32. The van der Waals surface area contributed by atoms with Gasteiger partial charge >= 0.3 is 0 Å². The highest BCUT2D eigenvalue weighted by molar-refractivity contribution is 5.79. The van der Waals surface area contributed by atoms with Gasteiger partial charge in [-0.2, -0.15) is 0 Å². The highest BCUT2D eigenvalue weighted by Crippen LogP contribution is 2.28. The van der Waals surface area contributed by atoms with E-state index in [9.17, 15) is 4.79 Å². The number of carbonyl (C=O) groups excluding carboxylic acids is 1. The summed E-state index contributed by atoms with van der Waals surface area (Å²) in [6.07, 6.45) is 2.21. The molecule has 158 valence electrons. The number of fused-ring (bicyclic) bond motifs is 1. The largest absolute Gasteiger partial charge is 0.345 e. The monoisotopic (exact) mass is 404 g/mol. The molecular weight excluding hydrogens is 372 g/mol. The Hall–Kier alpha value is -2.66. The predicted molar refractivity (Wildman–Crippen MR) is 122 cm³/mol. The number of piperidine rings is 1. The van der Waals surface area contributed by atoms with Gasteiger partial charge in [0.15, 0.2) is 0 Å². The van der Waals surface area contributed by atoms with Crippen LogP contribution in [0.4, 0.5) is 0 Å². The van der Waals surface area contributed by atoms with Crippen molar-refractivity contribution >= 4 is 16.9 Å². The van der Waals surface area contributed by atoms with Gasteiger partial charge in [0, 0.05) is 6.04 Å². The molecule has 5 heteroatoms. The van der Waals surface area contributed by atoms with Crippen molar-refractivity contribution in [1.29, 1.82) is 0 Å². The van der Waals surface area contributed by atoms with Gasteiger partial charge in [0.05, 0.1) is 23.6 Å². The molecule has 0 saturated carbocycles. The van der Waals surface area contributed by atoms with Crippen LogP contribution >= 0.6 is 0 Å². The molecule has 1 aliphatic rings. The molecule has 2 heterocycles. The second kappa shape index (κ2) is 9.00. The van der Waals surface area contributed by atoms with Crippen LogP contribution in [0.2, 0.25) is 0 Å². The summed E-state index contributed by atoms with van der Waals surface area (Å²) < 4.78 is 2.23. The molecule has 0 radical (unpaired) electrons. The zero-order valence-electron chi connectivity index (χ0n) is 18.2. The molecule has 1 N–H and O–H groups in total. The Labute approximate surface area is 179 Å². The summed E-state index contributed by atoms with van der Waals surface area (Å²) in [7, 11) is 0. The summed E-state index contributed by atoms with van der Waals surface area (Å²) in [5.41, 5.74) is 3.51. The van der Waals surface area contributed by atoms with E-state index in [1.807, 2.05) is 25.1 Å². The van der Waals surface area contributed by atoms with Gasteiger partial charge in [-0.1, -0.05) is 42.5 Å². The summed E-state index contributed by atoms with van der Waals surface area (Å²) >= 11 is 0. The van der Waals surface area contributed by atoms with E-state index in [2.05, 4.69) is 65.0 Å². The molecule has 2 aromatic carbocycles. The number of amides is 1. The Morgan fingerprint density at radius 1 is 1.03 bits per heavy atom. The zero-order chi connectivity index (χ0) is 21.1. The van der Waals surface area contributed by atoms with Crippen LogP contribution in [0.25, 0.3) is 11.0 Å². The molecule has 0 unspecified atom stereocenters. The maximum atomic E-state index is 12.8. The molecule has 1 amide bonds. The number of nitrogens with zero attached hydrogens (tertiary/aromatic N) is 3. The predicted octanol–water partition coefficient (Wildman–Crippen LogP) is 4.67. The first-order valence-corrected chi connectivity index (χ1v) is 11.1. The molecule has 3 aromatic rings. The maximum absolute atomic E-state index is 12.8. The van der Waals surface area contributed by atoms with Gasteiger partial charge in [-0.25, -0.2) is 4.98 Å². The fourth-order valence-corrected chi connectivity index (χ4v) is 4.62. The number of rotatable bonds is 6. The lowest BCUT2D eigenvalue weighted by atomic mass is 9.89. The fraction of sp³-hybridized carbons (Fsp3) is 0.440. The van der Waals surface area contributed by atoms with Crippen molar-refractivity contribution in [2.75, 3.05) is 19.6 Å². The Balaban J connectivity index is 1.36. The molecule has 1 atom stereocenters. The average molecular weight is 405 g/mol. The van der Waals surface area contributed by atoms with Crippen molar-refractivity contribution in [3.8, 4) is 0 Å². The van der Waals surface area contributed by atoms with E-state index in [1.54, 1.807) is 0 Å². The molecule has 5 nitrogen and oxygen atoms in total. The van der Waals surface area contributed by atoms with Crippen LogP contribution in [-0.4, -0.2) is 40.0 Å². The molecule has 1 aromatic heterocycles. The summed E-state index contributed by atoms with van der Waals surface area (Å²) in [5.74, 6) is 1.60. The van der Waals surface area contributed by atoms with Crippen LogP contribution in [0.1, 0.15) is 63.0 Å². The van der Waals surface area contributed by atoms with E-state index in [1.165, 1.54) is 5.56 Å². The summed E-state index contributed by atoms with van der Waals surface area (Å²) in [6, 6.07) is 19.0. The van der Waals surface area contributed by atoms with Crippen molar-refractivity contribution in [2.24, 2.45) is 0 Å². The highest BCUT2D eigenvalue weighted by Gasteiger charge is 2.24. The van der Waals surface area contributed by atoms with E-state index in [0.29, 0.717) is 12.5 Å². The van der Waals surface area contributed by atoms with Crippen LogP contribution in [-0.2, 0) is 4.79 Å². The second-order valence-corrected chi connectivity index (χ2v) is 8.67. The highest BCUT2D eigenvalue weighted by atomic mass is 16.2. The standard InChI is InChI=1S/C25H32N4O/c1-18(2)29-23-12-8-7-11-22(23)27-25(29)19(3)26-24(30)17-28-15-13-21(14-16-28)20-9-5-4-6-10-20/h4-12,18-19,21H,13-17H2,1-3H3,(H,26,30)/t19-/m0/s1. The molecule has 1 fully saturated rings. The van der Waals surface area contributed by atoms with Gasteiger partial charge in [-0.05, 0) is 70.3 Å². The third kappa shape index (κ3) is 4.41. The first kappa shape index (κ1) is 20.6. The number of aromatic nitrogens is 2. The van der Waals surface area contributed by atoms with Gasteiger partial charge < -0.3 is 9.88 Å². The van der Waals surface area contributed by atoms with Gasteiger partial charge in [-0.3, -0.25) is 9.69 Å². The first-order chi connectivity index (χ1) is 14.5. The minimum atomic E-state index is -0.130. The van der Waals surface area contributed by atoms with Gasteiger partial charge in [0.2, 0.25) is 5.91 Å². The number of benzene rings is 2. The molecule has 0 aliphatic carbocycles. The molecule has 0 bridgehead atoms. The SMILES string of the molecule is CC(C)n1c([C@H](C)NC(=O)CN2CCC(c3ccccc3)CC2)nc2ccccc21. The average Bonchev–Trinajstić information content (AvgIpc) is 3.15. The van der Waals surface area contributed by atoms with E-state index in [4.69, 9.17) is 4.98 Å². The van der Waals surface area contributed by atoms with Crippen molar-refractivity contribution in [3.63, 3.8) is 0 Å². The number of nitrogens with one attached hydrogen (secondary N) is 1. The van der Waals surface area contributed by atoms with Gasteiger partial charge in [0.1, 0.15) is 5.82 Å². The Morgan fingerprint density at radius 2 is 1.70 bits per heavy atom. The number of hydrogen-bond donors (Lipinski definition) is 1. The van der Waals surface area contributed by atoms with Crippen LogP contribution in [0, 0.1) is 0 Å². The third-order valence-electron chi connectivity index (χ3n) is 6.13. The van der Waals surface area contributed by atoms with E-state index in [-0.39, 0.29) is 18.0 Å². The molecular formula is C25H32N4O. The minimum Gasteiger partial charge on any atom is -0.345 e. The van der Waals surface area contributed by atoms with Crippen molar-refractivity contribution in [2.45, 2.75) is 51.6 Å². The molecule has 1 saturated heterocycles. The molecule has 30 heavy (non-hydrogen) atoms. The van der Waals surface area contributed by atoms with Crippen LogP contribution in [0.15, 0.2) is 54.6 Å². The number of para-hydroxylation sites is 2. The summed E-state index contributed by atoms with van der Waals surface area (Å²) in [5, 5.41) is 3.18. The fourth-order valence-electron chi connectivity index (χ4n) is 4.62. The van der Waals surface area contributed by atoms with Crippen molar-refractivity contribution < 1.29 is 4.79 Å². The molecule has 0 spiro atoms. The number of hydrogen-bond acceptors (Lipinski definition) is 3. The Bertz CT molecular complexity index is 987. The van der Waals surface area contributed by atoms with Crippen molar-refractivity contribution in [3.05, 3.63) is 66.0 Å². The van der Waals surface area contributed by atoms with Crippen LogP contribution in [0.5, 0.6) is 0 Å². The number of likely N-dealkylation sites (tertiary alicyclic amines) is 1. The zero-order valence-corrected chi connectivity index (χ0v) is 18.2. The van der Waals surface area contributed by atoms with E-state index < -0.39 is 0 Å². The van der Waals surface area contributed by atoms with E-state index >= 15 is 0 Å². The van der Waals surface area contributed by atoms with Gasteiger partial charge in [0.25, 0.3) is 0 Å².